The Hall–Kier alpha value is -1.09. The molecule has 0 amide bonds. The molecule has 86 valence electrons. The van der Waals surface area contributed by atoms with Gasteiger partial charge in [-0.2, -0.15) is 0 Å². The third kappa shape index (κ3) is 1.80. The maximum atomic E-state index is 6.17. The number of halogens is 1. The summed E-state index contributed by atoms with van der Waals surface area (Å²) in [4.78, 5) is 8.94. The Balaban J connectivity index is 2.80. The van der Waals surface area contributed by atoms with Gasteiger partial charge in [0.05, 0.1) is 5.38 Å². The van der Waals surface area contributed by atoms with E-state index < -0.39 is 0 Å². The highest BCUT2D eigenvalue weighted by Gasteiger charge is 2.24. The second kappa shape index (κ2) is 3.74. The highest BCUT2D eigenvalue weighted by molar-refractivity contribution is 6.20. The van der Waals surface area contributed by atoms with Gasteiger partial charge in [-0.1, -0.05) is 0 Å². The summed E-state index contributed by atoms with van der Waals surface area (Å²) in [6.45, 7) is 8.33. The molecule has 0 spiro atoms. The summed E-state index contributed by atoms with van der Waals surface area (Å²) in [7, 11) is 0. The van der Waals surface area contributed by atoms with E-state index in [4.69, 9.17) is 11.6 Å². The molecule has 3 nitrogen and oxygen atoms in total. The van der Waals surface area contributed by atoms with Gasteiger partial charge in [-0.15, -0.1) is 11.6 Å². The Morgan fingerprint density at radius 1 is 1.38 bits per heavy atom. The maximum Gasteiger partial charge on any atom is 0.160 e. The predicted octanol–water partition coefficient (Wildman–Crippen LogP) is 3.49. The van der Waals surface area contributed by atoms with Crippen molar-refractivity contribution in [2.75, 3.05) is 0 Å². The van der Waals surface area contributed by atoms with Crippen LogP contribution in [-0.2, 0) is 5.54 Å². The molecule has 0 N–H and O–H groups in total. The molecule has 0 fully saturated rings. The van der Waals surface area contributed by atoms with Crippen LogP contribution >= 0.6 is 11.6 Å². The molecule has 1 atom stereocenters. The summed E-state index contributed by atoms with van der Waals surface area (Å²) in [5.41, 5.74) is 1.74. The standard InChI is InChI=1S/C12H16ClN3/c1-8(13)10-15-9-6-5-7-14-11(9)16(10)12(2,3)4/h5-8H,1-4H3. The smallest absolute Gasteiger partial charge is 0.160 e. The van der Waals surface area contributed by atoms with E-state index in [9.17, 15) is 0 Å². The molecule has 4 heteroatoms. The Morgan fingerprint density at radius 2 is 2.06 bits per heavy atom. The van der Waals surface area contributed by atoms with E-state index in [2.05, 4.69) is 35.3 Å². The topological polar surface area (TPSA) is 30.7 Å². The first kappa shape index (κ1) is 11.4. The summed E-state index contributed by atoms with van der Waals surface area (Å²) < 4.78 is 2.11. The van der Waals surface area contributed by atoms with Crippen molar-refractivity contribution in [1.29, 1.82) is 0 Å². The Labute approximate surface area is 100 Å². The first-order chi connectivity index (χ1) is 7.41. The second-order valence-electron chi connectivity index (χ2n) is 4.94. The molecule has 0 radical (unpaired) electrons. The van der Waals surface area contributed by atoms with Crippen molar-refractivity contribution in [1.82, 2.24) is 14.5 Å². The van der Waals surface area contributed by atoms with Crippen molar-refractivity contribution in [2.24, 2.45) is 0 Å². The van der Waals surface area contributed by atoms with Crippen molar-refractivity contribution in [3.63, 3.8) is 0 Å². The van der Waals surface area contributed by atoms with Gasteiger partial charge in [-0.3, -0.25) is 0 Å². The Bertz CT molecular complexity index is 508. The number of hydrogen-bond acceptors (Lipinski definition) is 2. The molecule has 1 unspecified atom stereocenters. The molecule has 2 rings (SSSR count). The number of rotatable bonds is 1. The molecule has 2 aromatic rings. The monoisotopic (exact) mass is 237 g/mol. The average Bonchev–Trinajstić information content (AvgIpc) is 2.55. The van der Waals surface area contributed by atoms with Crippen LogP contribution in [0, 0.1) is 0 Å². The quantitative estimate of drug-likeness (QED) is 0.711. The van der Waals surface area contributed by atoms with E-state index in [0.29, 0.717) is 0 Å². The van der Waals surface area contributed by atoms with Crippen LogP contribution in [0.3, 0.4) is 0 Å². The van der Waals surface area contributed by atoms with Gasteiger partial charge < -0.3 is 4.57 Å². The molecule has 16 heavy (non-hydrogen) atoms. The summed E-state index contributed by atoms with van der Waals surface area (Å²) in [6, 6.07) is 3.86. The van der Waals surface area contributed by atoms with Crippen molar-refractivity contribution >= 4 is 22.8 Å². The van der Waals surface area contributed by atoms with Gasteiger partial charge in [0.15, 0.2) is 5.65 Å². The van der Waals surface area contributed by atoms with Crippen LogP contribution in [0.1, 0.15) is 38.9 Å². The van der Waals surface area contributed by atoms with Crippen molar-refractivity contribution < 1.29 is 0 Å². The van der Waals surface area contributed by atoms with Gasteiger partial charge in [-0.05, 0) is 39.8 Å². The van der Waals surface area contributed by atoms with E-state index in [1.54, 1.807) is 6.20 Å². The number of alkyl halides is 1. The fraction of sp³-hybridized carbons (Fsp3) is 0.500. The minimum Gasteiger partial charge on any atom is -0.306 e. The first-order valence-corrected chi connectivity index (χ1v) is 5.83. The number of nitrogens with zero attached hydrogens (tertiary/aromatic N) is 3. The van der Waals surface area contributed by atoms with Crippen LogP contribution in [0.5, 0.6) is 0 Å². The maximum absolute atomic E-state index is 6.17. The Kier molecular flexibility index (Phi) is 2.66. The van der Waals surface area contributed by atoms with Crippen molar-refractivity contribution in [2.45, 2.75) is 38.6 Å². The largest absolute Gasteiger partial charge is 0.306 e. The third-order valence-electron chi connectivity index (χ3n) is 2.47. The number of pyridine rings is 1. The van der Waals surface area contributed by atoms with Crippen molar-refractivity contribution in [3.8, 4) is 0 Å². The molecule has 0 aliphatic rings. The molecule has 0 bridgehead atoms. The number of imidazole rings is 1. The highest BCUT2D eigenvalue weighted by Crippen LogP contribution is 2.29. The zero-order chi connectivity index (χ0) is 11.9. The fourth-order valence-electron chi connectivity index (χ4n) is 1.86. The molecule has 0 saturated carbocycles. The zero-order valence-corrected chi connectivity index (χ0v) is 10.8. The van der Waals surface area contributed by atoms with E-state index >= 15 is 0 Å². The first-order valence-electron chi connectivity index (χ1n) is 5.39. The number of fused-ring (bicyclic) bond motifs is 1. The van der Waals surface area contributed by atoms with Crippen LogP contribution in [0.4, 0.5) is 0 Å². The van der Waals surface area contributed by atoms with Crippen molar-refractivity contribution in [3.05, 3.63) is 24.2 Å². The second-order valence-corrected chi connectivity index (χ2v) is 5.59. The minimum atomic E-state index is -0.117. The van der Waals surface area contributed by atoms with Crippen LogP contribution in [0.25, 0.3) is 11.2 Å². The van der Waals surface area contributed by atoms with E-state index in [1.807, 2.05) is 19.1 Å². The van der Waals surface area contributed by atoms with Gasteiger partial charge in [0.2, 0.25) is 0 Å². The summed E-state index contributed by atoms with van der Waals surface area (Å²) >= 11 is 6.17. The lowest BCUT2D eigenvalue weighted by molar-refractivity contribution is 0.392. The number of hydrogen-bond donors (Lipinski definition) is 0. The van der Waals surface area contributed by atoms with Gasteiger partial charge in [0.1, 0.15) is 11.3 Å². The summed E-state index contributed by atoms with van der Waals surface area (Å²) in [5.74, 6) is 0.878. The summed E-state index contributed by atoms with van der Waals surface area (Å²) in [5, 5.41) is -0.117. The van der Waals surface area contributed by atoms with Gasteiger partial charge in [0, 0.05) is 11.7 Å². The lowest BCUT2D eigenvalue weighted by atomic mass is 10.1. The summed E-state index contributed by atoms with van der Waals surface area (Å²) in [6.07, 6.45) is 1.79. The molecule has 0 aliphatic carbocycles. The van der Waals surface area contributed by atoms with Crippen LogP contribution in [-0.4, -0.2) is 14.5 Å². The third-order valence-corrected chi connectivity index (χ3v) is 2.66. The van der Waals surface area contributed by atoms with Gasteiger partial charge >= 0.3 is 0 Å². The fourth-order valence-corrected chi connectivity index (χ4v) is 2.00. The zero-order valence-electron chi connectivity index (χ0n) is 10.0. The van der Waals surface area contributed by atoms with Gasteiger partial charge in [0.25, 0.3) is 0 Å². The lowest BCUT2D eigenvalue weighted by Gasteiger charge is -2.24. The molecular weight excluding hydrogens is 222 g/mol. The highest BCUT2D eigenvalue weighted by atomic mass is 35.5. The molecule has 0 aromatic carbocycles. The van der Waals surface area contributed by atoms with Crippen LogP contribution in [0.15, 0.2) is 18.3 Å². The Morgan fingerprint density at radius 3 is 2.62 bits per heavy atom. The van der Waals surface area contributed by atoms with E-state index in [-0.39, 0.29) is 10.9 Å². The molecular formula is C12H16ClN3. The van der Waals surface area contributed by atoms with E-state index in [1.165, 1.54) is 0 Å². The predicted molar refractivity (Wildman–Crippen MR) is 66.8 cm³/mol. The van der Waals surface area contributed by atoms with Crippen LogP contribution in [0.2, 0.25) is 0 Å². The minimum absolute atomic E-state index is 0.0679. The molecule has 0 aliphatic heterocycles. The average molecular weight is 238 g/mol. The molecule has 0 saturated heterocycles. The lowest BCUT2D eigenvalue weighted by Crippen LogP contribution is -2.24. The number of aromatic nitrogens is 3. The molecule has 2 aromatic heterocycles. The van der Waals surface area contributed by atoms with Crippen LogP contribution < -0.4 is 0 Å². The van der Waals surface area contributed by atoms with Gasteiger partial charge in [-0.25, -0.2) is 9.97 Å². The SMILES string of the molecule is CC(Cl)c1nc2cccnc2n1C(C)(C)C. The normalized spacial score (nSPS) is 14.3. The molecule has 2 heterocycles. The van der Waals surface area contributed by atoms with E-state index in [0.717, 1.165) is 17.0 Å².